The van der Waals surface area contributed by atoms with Crippen LogP contribution in [0, 0.1) is 0 Å². The van der Waals surface area contributed by atoms with Gasteiger partial charge in [-0.25, -0.2) is 0 Å². The highest BCUT2D eigenvalue weighted by Crippen LogP contribution is 2.35. The number of carbonyl (C=O) groups is 1. The van der Waals surface area contributed by atoms with Crippen molar-refractivity contribution >= 4 is 17.7 Å². The quantitative estimate of drug-likeness (QED) is 0.880. The van der Waals surface area contributed by atoms with E-state index in [1.54, 1.807) is 6.92 Å². The van der Waals surface area contributed by atoms with E-state index in [0.717, 1.165) is 10.8 Å². The molecule has 0 aromatic heterocycles. The number of benzene rings is 1. The SMILES string of the molecule is CC(C(=O)O)c1ccc(SC2CCCC2)cc1. The van der Waals surface area contributed by atoms with Gasteiger partial charge in [0.15, 0.2) is 0 Å². The van der Waals surface area contributed by atoms with Gasteiger partial charge < -0.3 is 5.11 Å². The average Bonchev–Trinajstić information content (AvgIpc) is 2.82. The van der Waals surface area contributed by atoms with Gasteiger partial charge in [0.1, 0.15) is 0 Å². The van der Waals surface area contributed by atoms with E-state index in [9.17, 15) is 4.79 Å². The van der Waals surface area contributed by atoms with Crippen LogP contribution in [0.5, 0.6) is 0 Å². The number of rotatable bonds is 4. The molecule has 1 fully saturated rings. The third-order valence-electron chi connectivity index (χ3n) is 3.36. The smallest absolute Gasteiger partial charge is 0.310 e. The normalized spacial score (nSPS) is 18.2. The van der Waals surface area contributed by atoms with Crippen molar-refractivity contribution in [2.75, 3.05) is 0 Å². The summed E-state index contributed by atoms with van der Waals surface area (Å²) in [5, 5.41) is 9.69. The van der Waals surface area contributed by atoms with Crippen molar-refractivity contribution in [3.8, 4) is 0 Å². The van der Waals surface area contributed by atoms with Gasteiger partial charge in [0, 0.05) is 10.1 Å². The van der Waals surface area contributed by atoms with Crippen LogP contribution in [0.15, 0.2) is 29.2 Å². The van der Waals surface area contributed by atoms with E-state index >= 15 is 0 Å². The maximum Gasteiger partial charge on any atom is 0.310 e. The molecule has 1 N–H and O–H groups in total. The van der Waals surface area contributed by atoms with Gasteiger partial charge in [-0.15, -0.1) is 11.8 Å². The predicted octanol–water partition coefficient (Wildman–Crippen LogP) is 3.91. The standard InChI is InChI=1S/C14H18O2S/c1-10(14(15)16)11-6-8-13(9-7-11)17-12-4-2-3-5-12/h6-10,12H,2-5H2,1H3,(H,15,16). The van der Waals surface area contributed by atoms with Gasteiger partial charge in [0.05, 0.1) is 5.92 Å². The van der Waals surface area contributed by atoms with Crippen molar-refractivity contribution in [1.29, 1.82) is 0 Å². The molecule has 1 unspecified atom stereocenters. The van der Waals surface area contributed by atoms with Gasteiger partial charge in [-0.2, -0.15) is 0 Å². The van der Waals surface area contributed by atoms with Crippen LogP contribution in [-0.2, 0) is 4.79 Å². The molecule has 0 amide bonds. The summed E-state index contributed by atoms with van der Waals surface area (Å²) in [6.07, 6.45) is 5.34. The lowest BCUT2D eigenvalue weighted by molar-refractivity contribution is -0.138. The number of aliphatic carboxylic acids is 1. The molecule has 1 aliphatic carbocycles. The summed E-state index contributed by atoms with van der Waals surface area (Å²) < 4.78 is 0. The fraction of sp³-hybridized carbons (Fsp3) is 0.500. The Morgan fingerprint density at radius 3 is 2.41 bits per heavy atom. The second-order valence-corrected chi connectivity index (χ2v) is 6.03. The predicted molar refractivity (Wildman–Crippen MR) is 70.6 cm³/mol. The highest BCUT2D eigenvalue weighted by atomic mass is 32.2. The van der Waals surface area contributed by atoms with E-state index in [2.05, 4.69) is 12.1 Å². The van der Waals surface area contributed by atoms with Crippen molar-refractivity contribution in [3.63, 3.8) is 0 Å². The minimum atomic E-state index is -0.763. The zero-order valence-corrected chi connectivity index (χ0v) is 10.9. The molecular weight excluding hydrogens is 232 g/mol. The van der Waals surface area contributed by atoms with Crippen LogP contribution < -0.4 is 0 Å². The molecule has 1 aromatic rings. The highest BCUT2D eigenvalue weighted by Gasteiger charge is 2.17. The van der Waals surface area contributed by atoms with E-state index in [-0.39, 0.29) is 0 Å². The summed E-state index contributed by atoms with van der Waals surface area (Å²) in [4.78, 5) is 12.1. The largest absolute Gasteiger partial charge is 0.481 e. The summed E-state index contributed by atoms with van der Waals surface area (Å²) in [5.41, 5.74) is 0.883. The van der Waals surface area contributed by atoms with E-state index in [1.807, 2.05) is 23.9 Å². The molecule has 0 saturated heterocycles. The van der Waals surface area contributed by atoms with Crippen LogP contribution >= 0.6 is 11.8 Å². The first kappa shape index (κ1) is 12.5. The lowest BCUT2D eigenvalue weighted by Crippen LogP contribution is -2.07. The van der Waals surface area contributed by atoms with E-state index < -0.39 is 11.9 Å². The molecule has 0 bridgehead atoms. The van der Waals surface area contributed by atoms with Crippen LogP contribution in [-0.4, -0.2) is 16.3 Å². The Morgan fingerprint density at radius 2 is 1.88 bits per heavy atom. The summed E-state index contributed by atoms with van der Waals surface area (Å²) in [6, 6.07) is 7.99. The lowest BCUT2D eigenvalue weighted by atomic mass is 10.0. The monoisotopic (exact) mass is 250 g/mol. The van der Waals surface area contributed by atoms with Gasteiger partial charge in [0.2, 0.25) is 0 Å². The van der Waals surface area contributed by atoms with E-state index in [1.165, 1.54) is 30.6 Å². The highest BCUT2D eigenvalue weighted by molar-refractivity contribution is 8.00. The molecular formula is C14H18O2S. The molecule has 92 valence electrons. The summed E-state index contributed by atoms with van der Waals surface area (Å²) in [5.74, 6) is -1.18. The molecule has 1 atom stereocenters. The molecule has 2 rings (SSSR count). The molecule has 1 aliphatic rings. The Bertz CT molecular complexity index is 380. The molecule has 1 aromatic carbocycles. The fourth-order valence-electron chi connectivity index (χ4n) is 2.18. The molecule has 0 aliphatic heterocycles. The summed E-state index contributed by atoms with van der Waals surface area (Å²) in [7, 11) is 0. The second kappa shape index (κ2) is 5.58. The first-order valence-corrected chi connectivity index (χ1v) is 7.04. The minimum absolute atomic E-state index is 0.416. The number of hydrogen-bond acceptors (Lipinski definition) is 2. The van der Waals surface area contributed by atoms with Crippen LogP contribution in [0.4, 0.5) is 0 Å². The third-order valence-corrected chi connectivity index (χ3v) is 4.70. The number of carboxylic acid groups (broad SMARTS) is 1. The Labute approximate surface area is 106 Å². The summed E-state index contributed by atoms with van der Waals surface area (Å²) in [6.45, 7) is 1.72. The van der Waals surface area contributed by atoms with Crippen LogP contribution in [0.1, 0.15) is 44.1 Å². The zero-order valence-electron chi connectivity index (χ0n) is 10.1. The fourth-order valence-corrected chi connectivity index (χ4v) is 3.42. The van der Waals surface area contributed by atoms with Gasteiger partial charge >= 0.3 is 5.97 Å². The Balaban J connectivity index is 1.99. The van der Waals surface area contributed by atoms with E-state index in [0.29, 0.717) is 0 Å². The summed E-state index contributed by atoms with van der Waals surface area (Å²) >= 11 is 1.93. The van der Waals surface area contributed by atoms with Gasteiger partial charge in [0.25, 0.3) is 0 Å². The van der Waals surface area contributed by atoms with Gasteiger partial charge in [-0.05, 0) is 37.5 Å². The minimum Gasteiger partial charge on any atom is -0.481 e. The van der Waals surface area contributed by atoms with Crippen molar-refractivity contribution in [1.82, 2.24) is 0 Å². The topological polar surface area (TPSA) is 37.3 Å². The lowest BCUT2D eigenvalue weighted by Gasteiger charge is -2.10. The van der Waals surface area contributed by atoms with Crippen molar-refractivity contribution in [2.24, 2.45) is 0 Å². The maximum atomic E-state index is 10.9. The molecule has 3 heteroatoms. The molecule has 0 heterocycles. The van der Waals surface area contributed by atoms with Crippen molar-refractivity contribution in [3.05, 3.63) is 29.8 Å². The number of hydrogen-bond donors (Lipinski definition) is 1. The first-order valence-electron chi connectivity index (χ1n) is 6.16. The van der Waals surface area contributed by atoms with Crippen LogP contribution in [0.2, 0.25) is 0 Å². The Kier molecular flexibility index (Phi) is 4.11. The Morgan fingerprint density at radius 1 is 1.29 bits per heavy atom. The maximum absolute atomic E-state index is 10.9. The molecule has 17 heavy (non-hydrogen) atoms. The zero-order chi connectivity index (χ0) is 12.3. The Hall–Kier alpha value is -0.960. The van der Waals surface area contributed by atoms with E-state index in [4.69, 9.17) is 5.11 Å². The van der Waals surface area contributed by atoms with Crippen molar-refractivity contribution < 1.29 is 9.90 Å². The van der Waals surface area contributed by atoms with Gasteiger partial charge in [-0.1, -0.05) is 25.0 Å². The number of carboxylic acids is 1. The van der Waals surface area contributed by atoms with Crippen LogP contribution in [0.3, 0.4) is 0 Å². The first-order chi connectivity index (χ1) is 8.16. The molecule has 2 nitrogen and oxygen atoms in total. The molecule has 0 spiro atoms. The van der Waals surface area contributed by atoms with Crippen molar-refractivity contribution in [2.45, 2.75) is 48.7 Å². The van der Waals surface area contributed by atoms with Crippen LogP contribution in [0.25, 0.3) is 0 Å². The second-order valence-electron chi connectivity index (χ2n) is 4.65. The van der Waals surface area contributed by atoms with Gasteiger partial charge in [-0.3, -0.25) is 4.79 Å². The number of thioether (sulfide) groups is 1. The third kappa shape index (κ3) is 3.25. The molecule has 0 radical (unpaired) electrons. The molecule has 1 saturated carbocycles. The average molecular weight is 250 g/mol.